The molecule has 3 aromatic heterocycles. The van der Waals surface area contributed by atoms with E-state index < -0.39 is 0 Å². The topological polar surface area (TPSA) is 52.7 Å². The second-order valence-corrected chi connectivity index (χ2v) is 6.64. The van der Waals surface area contributed by atoms with E-state index in [1.165, 1.54) is 5.56 Å². The summed E-state index contributed by atoms with van der Waals surface area (Å²) in [7, 11) is 0. The molecule has 0 aliphatic heterocycles. The van der Waals surface area contributed by atoms with Gasteiger partial charge in [-0.05, 0) is 56.2 Å². The molecule has 0 fully saturated rings. The molecule has 0 amide bonds. The lowest BCUT2D eigenvalue weighted by atomic mass is 10.1. The quantitative estimate of drug-likeness (QED) is 0.571. The number of aromatic nitrogens is 4. The minimum Gasteiger partial charge on any atom is -0.288 e. The molecule has 0 spiro atoms. The van der Waals surface area contributed by atoms with E-state index in [1.54, 1.807) is 23.0 Å². The van der Waals surface area contributed by atoms with E-state index in [0.29, 0.717) is 6.54 Å². The van der Waals surface area contributed by atoms with E-state index in [-0.39, 0.29) is 5.56 Å². The predicted molar refractivity (Wildman–Crippen MR) is 103 cm³/mol. The molecule has 0 N–H and O–H groups in total. The molecule has 0 atom stereocenters. The summed E-state index contributed by atoms with van der Waals surface area (Å²) >= 11 is 0. The highest BCUT2D eigenvalue weighted by Crippen LogP contribution is 2.24. The van der Waals surface area contributed by atoms with E-state index in [2.05, 4.69) is 24.0 Å². The maximum Gasteiger partial charge on any atom is 0.252 e. The Balaban J connectivity index is 2.01. The minimum absolute atomic E-state index is 0.0277. The average Bonchev–Trinajstić information content (AvgIpc) is 2.98. The van der Waals surface area contributed by atoms with Crippen molar-refractivity contribution in [1.82, 2.24) is 19.3 Å². The molecule has 0 saturated carbocycles. The first-order valence-electron chi connectivity index (χ1n) is 8.60. The van der Waals surface area contributed by atoms with Crippen LogP contribution >= 0.6 is 0 Å². The van der Waals surface area contributed by atoms with Crippen molar-refractivity contribution in [2.75, 3.05) is 0 Å². The van der Waals surface area contributed by atoms with Gasteiger partial charge in [-0.1, -0.05) is 17.7 Å². The fourth-order valence-corrected chi connectivity index (χ4v) is 3.36. The molecule has 5 nitrogen and oxygen atoms in total. The molecule has 5 heteroatoms. The van der Waals surface area contributed by atoms with Gasteiger partial charge in [-0.3, -0.25) is 14.3 Å². The third-order valence-corrected chi connectivity index (χ3v) is 4.66. The van der Waals surface area contributed by atoms with Crippen molar-refractivity contribution in [3.05, 3.63) is 87.6 Å². The Hall–Kier alpha value is -3.21. The molecule has 0 aliphatic carbocycles. The number of pyridine rings is 2. The number of benzene rings is 1. The van der Waals surface area contributed by atoms with Gasteiger partial charge in [0.2, 0.25) is 0 Å². The van der Waals surface area contributed by atoms with Crippen molar-refractivity contribution in [2.45, 2.75) is 27.3 Å². The highest BCUT2D eigenvalue weighted by atomic mass is 16.1. The molecule has 3 heterocycles. The highest BCUT2D eigenvalue weighted by molar-refractivity contribution is 5.83. The van der Waals surface area contributed by atoms with Crippen LogP contribution in [0.3, 0.4) is 0 Å². The zero-order valence-electron chi connectivity index (χ0n) is 15.1. The Morgan fingerprint density at radius 3 is 2.35 bits per heavy atom. The molecule has 1 aromatic carbocycles. The Morgan fingerprint density at radius 1 is 0.962 bits per heavy atom. The molecule has 130 valence electrons. The SMILES string of the molecule is Cc1ccc(-n2nc(C)c3c(C)cc(=O)n(Cc4ccncc4)c32)cc1. The van der Waals surface area contributed by atoms with Crippen LogP contribution in [0.5, 0.6) is 0 Å². The van der Waals surface area contributed by atoms with Crippen molar-refractivity contribution in [1.29, 1.82) is 0 Å². The zero-order valence-corrected chi connectivity index (χ0v) is 15.1. The highest BCUT2D eigenvalue weighted by Gasteiger charge is 2.17. The first-order valence-corrected chi connectivity index (χ1v) is 8.60. The number of hydrogen-bond donors (Lipinski definition) is 0. The molecule has 0 unspecified atom stereocenters. The average molecular weight is 344 g/mol. The first kappa shape index (κ1) is 16.3. The lowest BCUT2D eigenvalue weighted by Gasteiger charge is -2.12. The van der Waals surface area contributed by atoms with E-state index >= 15 is 0 Å². The second-order valence-electron chi connectivity index (χ2n) is 6.64. The number of rotatable bonds is 3. The summed E-state index contributed by atoms with van der Waals surface area (Å²) in [6.45, 7) is 6.49. The normalized spacial score (nSPS) is 11.2. The molecular formula is C21H20N4O. The number of fused-ring (bicyclic) bond motifs is 1. The van der Waals surface area contributed by atoms with Crippen LogP contribution in [0, 0.1) is 20.8 Å². The maximum absolute atomic E-state index is 12.8. The van der Waals surface area contributed by atoms with Gasteiger partial charge in [0.15, 0.2) is 0 Å². The summed E-state index contributed by atoms with van der Waals surface area (Å²) in [6, 6.07) is 13.7. The van der Waals surface area contributed by atoms with Gasteiger partial charge in [-0.15, -0.1) is 0 Å². The van der Waals surface area contributed by atoms with Crippen molar-refractivity contribution >= 4 is 11.0 Å². The summed E-state index contributed by atoms with van der Waals surface area (Å²) in [4.78, 5) is 16.9. The summed E-state index contributed by atoms with van der Waals surface area (Å²) in [6.07, 6.45) is 3.49. The zero-order chi connectivity index (χ0) is 18.3. The standard InChI is InChI=1S/C21H20N4O/c1-14-4-6-18(7-5-14)25-21-20(16(3)23-25)15(2)12-19(26)24(21)13-17-8-10-22-11-9-17/h4-12H,13H2,1-3H3. The molecule has 0 saturated heterocycles. The summed E-state index contributed by atoms with van der Waals surface area (Å²) in [5.41, 5.74) is 5.83. The van der Waals surface area contributed by atoms with Gasteiger partial charge < -0.3 is 0 Å². The van der Waals surface area contributed by atoms with Gasteiger partial charge in [0.25, 0.3) is 5.56 Å². The molecule has 0 aliphatic rings. The van der Waals surface area contributed by atoms with E-state index in [1.807, 2.05) is 42.8 Å². The summed E-state index contributed by atoms with van der Waals surface area (Å²) in [5, 5.41) is 5.77. The fourth-order valence-electron chi connectivity index (χ4n) is 3.36. The lowest BCUT2D eigenvalue weighted by Crippen LogP contribution is -2.22. The second kappa shape index (κ2) is 6.26. The number of nitrogens with zero attached hydrogens (tertiary/aromatic N) is 4. The molecule has 0 radical (unpaired) electrons. The Morgan fingerprint density at radius 2 is 1.65 bits per heavy atom. The summed E-state index contributed by atoms with van der Waals surface area (Å²) < 4.78 is 3.66. The molecular weight excluding hydrogens is 324 g/mol. The third-order valence-electron chi connectivity index (χ3n) is 4.66. The minimum atomic E-state index is -0.0277. The van der Waals surface area contributed by atoms with Gasteiger partial charge in [0.1, 0.15) is 5.65 Å². The van der Waals surface area contributed by atoms with E-state index in [9.17, 15) is 4.79 Å². The molecule has 4 aromatic rings. The van der Waals surface area contributed by atoms with Crippen LogP contribution in [0.4, 0.5) is 0 Å². The molecule has 26 heavy (non-hydrogen) atoms. The van der Waals surface area contributed by atoms with Crippen LogP contribution in [0.15, 0.2) is 59.7 Å². The number of aryl methyl sites for hydroxylation is 3. The van der Waals surface area contributed by atoms with Crippen molar-refractivity contribution < 1.29 is 0 Å². The maximum atomic E-state index is 12.8. The van der Waals surface area contributed by atoms with Gasteiger partial charge in [0, 0.05) is 23.8 Å². The summed E-state index contributed by atoms with van der Waals surface area (Å²) in [5.74, 6) is 0. The Kier molecular flexibility index (Phi) is 3.92. The van der Waals surface area contributed by atoms with Gasteiger partial charge in [-0.25, -0.2) is 4.68 Å². The van der Waals surface area contributed by atoms with Crippen LogP contribution in [0.2, 0.25) is 0 Å². The largest absolute Gasteiger partial charge is 0.288 e. The van der Waals surface area contributed by atoms with Gasteiger partial charge >= 0.3 is 0 Å². The van der Waals surface area contributed by atoms with Crippen LogP contribution < -0.4 is 5.56 Å². The van der Waals surface area contributed by atoms with Gasteiger partial charge in [-0.2, -0.15) is 5.10 Å². The third kappa shape index (κ3) is 2.71. The monoisotopic (exact) mass is 344 g/mol. The first-order chi connectivity index (χ1) is 12.5. The van der Waals surface area contributed by atoms with E-state index in [0.717, 1.165) is 33.5 Å². The Bertz CT molecular complexity index is 1140. The number of hydrogen-bond acceptors (Lipinski definition) is 3. The predicted octanol–water partition coefficient (Wildman–Crippen LogP) is 3.56. The van der Waals surface area contributed by atoms with E-state index in [4.69, 9.17) is 5.10 Å². The lowest BCUT2D eigenvalue weighted by molar-refractivity contribution is 0.749. The van der Waals surface area contributed by atoms with Crippen LogP contribution in [-0.2, 0) is 6.54 Å². The Labute approximate surface area is 151 Å². The van der Waals surface area contributed by atoms with Gasteiger partial charge in [0.05, 0.1) is 17.9 Å². The smallest absolute Gasteiger partial charge is 0.252 e. The van der Waals surface area contributed by atoms with Crippen molar-refractivity contribution in [2.24, 2.45) is 0 Å². The van der Waals surface area contributed by atoms with Crippen molar-refractivity contribution in [3.63, 3.8) is 0 Å². The van der Waals surface area contributed by atoms with Crippen LogP contribution in [0.25, 0.3) is 16.7 Å². The fraction of sp³-hybridized carbons (Fsp3) is 0.190. The van der Waals surface area contributed by atoms with Crippen LogP contribution in [0.1, 0.15) is 22.4 Å². The van der Waals surface area contributed by atoms with Crippen molar-refractivity contribution in [3.8, 4) is 5.69 Å². The van der Waals surface area contributed by atoms with Crippen LogP contribution in [-0.4, -0.2) is 19.3 Å². The molecule has 4 rings (SSSR count). The molecule has 0 bridgehead atoms.